The molecule has 1 unspecified atom stereocenters. The molecular weight excluding hydrogens is 714 g/mol. The minimum Gasteiger partial charge on any atom is -0.493 e. The molecule has 276 valence electrons. The van der Waals surface area contributed by atoms with Gasteiger partial charge in [-0.25, -0.2) is 8.78 Å². The Hall–Kier alpha value is -5.10. The molecule has 53 heavy (non-hydrogen) atoms. The lowest BCUT2D eigenvalue weighted by atomic mass is 9.83. The molecule has 2 heterocycles. The van der Waals surface area contributed by atoms with Gasteiger partial charge in [-0.15, -0.1) is 0 Å². The molecule has 6 nitrogen and oxygen atoms in total. The predicted octanol–water partition coefficient (Wildman–Crippen LogP) is 11.0. The zero-order valence-electron chi connectivity index (χ0n) is 29.1. The molecule has 12 heteroatoms. The van der Waals surface area contributed by atoms with E-state index in [1.807, 2.05) is 36.4 Å². The van der Waals surface area contributed by atoms with Gasteiger partial charge in [-0.05, 0) is 72.3 Å². The van der Waals surface area contributed by atoms with E-state index in [0.717, 1.165) is 42.1 Å². The van der Waals surface area contributed by atoms with E-state index in [2.05, 4.69) is 18.4 Å². The van der Waals surface area contributed by atoms with Crippen LogP contribution in [0, 0.1) is 17.6 Å². The molecule has 6 aromatic rings. The summed E-state index contributed by atoms with van der Waals surface area (Å²) in [5, 5.41) is 2.18. The van der Waals surface area contributed by atoms with Gasteiger partial charge in [0.2, 0.25) is 0 Å². The minimum absolute atomic E-state index is 0.284. The summed E-state index contributed by atoms with van der Waals surface area (Å²) in [6.07, 6.45) is 7.68. The van der Waals surface area contributed by atoms with Gasteiger partial charge in [0, 0.05) is 44.9 Å². The van der Waals surface area contributed by atoms with Gasteiger partial charge in [-0.2, -0.15) is 21.6 Å². The summed E-state index contributed by atoms with van der Waals surface area (Å²) in [6.45, 7) is 4.90. The molecule has 5 aromatic carbocycles. The Morgan fingerprint density at radius 1 is 0.849 bits per heavy atom. The Balaban J connectivity index is 1.60. The first-order chi connectivity index (χ1) is 25.3. The summed E-state index contributed by atoms with van der Waals surface area (Å²) in [6, 6.07) is 21.8. The Morgan fingerprint density at radius 2 is 1.47 bits per heavy atom. The Bertz CT molecular complexity index is 2430. The van der Waals surface area contributed by atoms with Crippen LogP contribution in [0.1, 0.15) is 56.2 Å². The lowest BCUT2D eigenvalue weighted by Gasteiger charge is -2.37. The van der Waals surface area contributed by atoms with Crippen LogP contribution in [0.3, 0.4) is 0 Å². The van der Waals surface area contributed by atoms with E-state index in [4.69, 9.17) is 13.7 Å². The Kier molecular flexibility index (Phi) is 9.38. The van der Waals surface area contributed by atoms with Crippen LogP contribution in [-0.2, 0) is 22.3 Å². The molecule has 1 aromatic heterocycles. The topological polar surface area (TPSA) is 66.8 Å². The number of rotatable bonds is 11. The molecule has 0 fully saturated rings. The van der Waals surface area contributed by atoms with Crippen molar-refractivity contribution in [1.82, 2.24) is 4.57 Å². The summed E-state index contributed by atoms with van der Waals surface area (Å²) in [5.41, 5.74) is -3.81. The first kappa shape index (κ1) is 36.3. The Labute approximate surface area is 303 Å². The number of benzene rings is 5. The van der Waals surface area contributed by atoms with Crippen LogP contribution < -0.4 is 13.7 Å². The SMILES string of the molecule is CCCCC(CC)Cn1c2ccccc2c2c3cc(OS(=O)(=O)C(F)(F)F)c(OC)cc3c3c(c21)C=CC(c1ccc(F)cc1)(c1ccc(F)cc1)O3. The van der Waals surface area contributed by atoms with Crippen molar-refractivity contribution in [1.29, 1.82) is 0 Å². The zero-order chi connectivity index (χ0) is 37.7. The average Bonchev–Trinajstić information content (AvgIpc) is 3.46. The molecule has 0 aliphatic carbocycles. The molecular formula is C41H36F5NO5S. The van der Waals surface area contributed by atoms with Gasteiger partial charge < -0.3 is 18.2 Å². The number of alkyl halides is 3. The van der Waals surface area contributed by atoms with E-state index >= 15 is 0 Å². The van der Waals surface area contributed by atoms with Crippen LogP contribution in [0.25, 0.3) is 38.7 Å². The number of hydrogen-bond donors (Lipinski definition) is 0. The van der Waals surface area contributed by atoms with Gasteiger partial charge in [-0.1, -0.05) is 75.6 Å². The highest BCUT2D eigenvalue weighted by atomic mass is 32.2. The number of halogens is 5. The maximum absolute atomic E-state index is 14.3. The average molecular weight is 750 g/mol. The van der Waals surface area contributed by atoms with Crippen LogP contribution in [0.15, 0.2) is 91.0 Å². The molecule has 0 amide bonds. The first-order valence-corrected chi connectivity index (χ1v) is 18.7. The van der Waals surface area contributed by atoms with E-state index in [-0.39, 0.29) is 11.7 Å². The second-order valence-corrected chi connectivity index (χ2v) is 14.8. The summed E-state index contributed by atoms with van der Waals surface area (Å²) in [4.78, 5) is 0. The van der Waals surface area contributed by atoms with Gasteiger partial charge in [0.05, 0.1) is 12.6 Å². The molecule has 7 rings (SSSR count). The first-order valence-electron chi connectivity index (χ1n) is 17.3. The maximum Gasteiger partial charge on any atom is 0.534 e. The standard InChI is InChI=1S/C41H36F5NO5S/c1-4-6-9-25(5-2)24-47-34-11-8-7-10-30(34)37-32-22-36(52-53(48,49)41(44,45)46)35(50-3)23-33(32)39-31(38(37)47)20-21-40(51-39,26-12-16-28(42)17-13-26)27-14-18-29(43)19-15-27/h7-8,10-23,25H,4-6,9,24H2,1-3H3. The second kappa shape index (κ2) is 13.7. The number of methoxy groups -OCH3 is 1. The fourth-order valence-electron chi connectivity index (χ4n) is 7.35. The largest absolute Gasteiger partial charge is 0.534 e. The van der Waals surface area contributed by atoms with E-state index < -0.39 is 38.6 Å². The van der Waals surface area contributed by atoms with Gasteiger partial charge in [0.25, 0.3) is 0 Å². The van der Waals surface area contributed by atoms with Gasteiger partial charge in [0.15, 0.2) is 17.1 Å². The van der Waals surface area contributed by atoms with E-state index in [1.165, 1.54) is 43.5 Å². The van der Waals surface area contributed by atoms with Crippen molar-refractivity contribution in [2.45, 2.75) is 57.2 Å². The van der Waals surface area contributed by atoms with Crippen LogP contribution in [-0.4, -0.2) is 25.6 Å². The zero-order valence-corrected chi connectivity index (χ0v) is 30.0. The fraction of sp³-hybridized carbons (Fsp3) is 0.268. The number of hydrogen-bond acceptors (Lipinski definition) is 5. The van der Waals surface area contributed by atoms with Crippen molar-refractivity contribution >= 4 is 48.8 Å². The summed E-state index contributed by atoms with van der Waals surface area (Å²) >= 11 is 0. The van der Waals surface area contributed by atoms with E-state index in [9.17, 15) is 30.4 Å². The normalized spacial score (nSPS) is 14.7. The summed E-state index contributed by atoms with van der Waals surface area (Å²) < 4.78 is 114. The van der Waals surface area contributed by atoms with Crippen LogP contribution in [0.5, 0.6) is 17.2 Å². The lowest BCUT2D eigenvalue weighted by molar-refractivity contribution is -0.0500. The van der Waals surface area contributed by atoms with Crippen molar-refractivity contribution in [3.05, 3.63) is 119 Å². The predicted molar refractivity (Wildman–Crippen MR) is 196 cm³/mol. The molecule has 0 saturated carbocycles. The highest BCUT2D eigenvalue weighted by Crippen LogP contribution is 2.52. The molecule has 0 spiro atoms. The maximum atomic E-state index is 14.3. The smallest absolute Gasteiger partial charge is 0.493 e. The second-order valence-electron chi connectivity index (χ2n) is 13.2. The Morgan fingerprint density at radius 3 is 2.06 bits per heavy atom. The highest BCUT2D eigenvalue weighted by molar-refractivity contribution is 7.88. The molecule has 0 bridgehead atoms. The molecule has 0 radical (unpaired) electrons. The monoisotopic (exact) mass is 749 g/mol. The number of fused-ring (bicyclic) bond motifs is 8. The van der Waals surface area contributed by atoms with Gasteiger partial charge in [0.1, 0.15) is 17.4 Å². The number of unbranched alkanes of at least 4 members (excludes halogenated alkanes) is 1. The minimum atomic E-state index is -6.07. The van der Waals surface area contributed by atoms with Crippen LogP contribution in [0.4, 0.5) is 22.0 Å². The molecule has 1 aliphatic heterocycles. The third-order valence-corrected chi connectivity index (χ3v) is 11.0. The molecule has 0 N–H and O–H groups in total. The van der Waals surface area contributed by atoms with Crippen molar-refractivity contribution in [3.8, 4) is 17.2 Å². The number of para-hydroxylation sites is 1. The molecule has 0 saturated heterocycles. The number of aromatic nitrogens is 1. The van der Waals surface area contributed by atoms with Gasteiger partial charge in [-0.3, -0.25) is 0 Å². The third-order valence-electron chi connectivity index (χ3n) is 10.0. The summed E-state index contributed by atoms with van der Waals surface area (Å²) in [5.74, 6) is -1.29. The van der Waals surface area contributed by atoms with Crippen molar-refractivity contribution in [2.24, 2.45) is 5.92 Å². The number of nitrogens with zero attached hydrogens (tertiary/aromatic N) is 1. The summed E-state index contributed by atoms with van der Waals surface area (Å²) in [7, 11) is -4.89. The van der Waals surface area contributed by atoms with Crippen LogP contribution >= 0.6 is 0 Å². The quantitative estimate of drug-likeness (QED) is 0.0750. The van der Waals surface area contributed by atoms with Crippen molar-refractivity contribution in [3.63, 3.8) is 0 Å². The van der Waals surface area contributed by atoms with Crippen LogP contribution in [0.2, 0.25) is 0 Å². The van der Waals surface area contributed by atoms with Gasteiger partial charge >= 0.3 is 15.6 Å². The molecule has 1 atom stereocenters. The van der Waals surface area contributed by atoms with Crippen molar-refractivity contribution in [2.75, 3.05) is 7.11 Å². The number of ether oxygens (including phenoxy) is 2. The fourth-order valence-corrected chi connectivity index (χ4v) is 7.81. The van der Waals surface area contributed by atoms with E-state index in [1.54, 1.807) is 24.3 Å². The lowest BCUT2D eigenvalue weighted by Crippen LogP contribution is -2.34. The third kappa shape index (κ3) is 6.26. The van der Waals surface area contributed by atoms with E-state index in [0.29, 0.717) is 45.1 Å². The highest BCUT2D eigenvalue weighted by Gasteiger charge is 2.49. The molecule has 1 aliphatic rings. The van der Waals surface area contributed by atoms with Crippen molar-refractivity contribution < 1.29 is 44.0 Å².